The SMILES string of the molecule is Cc1nc(C)n(-c2ccccc2CN)n1. The lowest BCUT2D eigenvalue weighted by molar-refractivity contribution is 0.815. The van der Waals surface area contributed by atoms with Gasteiger partial charge in [-0.05, 0) is 25.5 Å². The van der Waals surface area contributed by atoms with Crippen LogP contribution in [0.2, 0.25) is 0 Å². The molecule has 2 aromatic rings. The zero-order chi connectivity index (χ0) is 10.8. The van der Waals surface area contributed by atoms with Crippen molar-refractivity contribution in [3.63, 3.8) is 0 Å². The Kier molecular flexibility index (Phi) is 2.51. The Balaban J connectivity index is 2.58. The zero-order valence-electron chi connectivity index (χ0n) is 8.94. The fourth-order valence-electron chi connectivity index (χ4n) is 1.64. The Morgan fingerprint density at radius 2 is 2.00 bits per heavy atom. The van der Waals surface area contributed by atoms with Gasteiger partial charge in [0.05, 0.1) is 5.69 Å². The summed E-state index contributed by atoms with van der Waals surface area (Å²) in [4.78, 5) is 4.27. The van der Waals surface area contributed by atoms with Crippen molar-refractivity contribution >= 4 is 0 Å². The lowest BCUT2D eigenvalue weighted by Crippen LogP contribution is -2.06. The van der Waals surface area contributed by atoms with E-state index in [2.05, 4.69) is 10.1 Å². The fraction of sp³-hybridized carbons (Fsp3) is 0.273. The Morgan fingerprint density at radius 3 is 2.60 bits per heavy atom. The van der Waals surface area contributed by atoms with Gasteiger partial charge in [-0.15, -0.1) is 0 Å². The van der Waals surface area contributed by atoms with Crippen molar-refractivity contribution in [1.82, 2.24) is 14.8 Å². The molecule has 0 saturated heterocycles. The molecule has 0 aliphatic carbocycles. The summed E-state index contributed by atoms with van der Waals surface area (Å²) in [5, 5.41) is 4.34. The number of benzene rings is 1. The molecule has 0 saturated carbocycles. The molecule has 0 fully saturated rings. The predicted octanol–water partition coefficient (Wildman–Crippen LogP) is 1.34. The summed E-state index contributed by atoms with van der Waals surface area (Å²) in [5.41, 5.74) is 7.77. The van der Waals surface area contributed by atoms with E-state index in [9.17, 15) is 0 Å². The topological polar surface area (TPSA) is 56.7 Å². The van der Waals surface area contributed by atoms with Crippen molar-refractivity contribution < 1.29 is 0 Å². The molecule has 1 aromatic carbocycles. The molecular weight excluding hydrogens is 188 g/mol. The maximum absolute atomic E-state index is 5.68. The lowest BCUT2D eigenvalue weighted by Gasteiger charge is -2.07. The molecule has 1 aromatic heterocycles. The molecule has 4 heteroatoms. The van der Waals surface area contributed by atoms with Gasteiger partial charge in [-0.3, -0.25) is 0 Å². The van der Waals surface area contributed by atoms with Crippen LogP contribution in [0.25, 0.3) is 5.69 Å². The van der Waals surface area contributed by atoms with Gasteiger partial charge >= 0.3 is 0 Å². The van der Waals surface area contributed by atoms with E-state index in [0.29, 0.717) is 6.54 Å². The highest BCUT2D eigenvalue weighted by molar-refractivity contribution is 5.40. The molecule has 0 aliphatic heterocycles. The van der Waals surface area contributed by atoms with Gasteiger partial charge in [0.1, 0.15) is 11.6 Å². The normalized spacial score (nSPS) is 10.6. The molecule has 15 heavy (non-hydrogen) atoms. The Morgan fingerprint density at radius 1 is 1.27 bits per heavy atom. The average Bonchev–Trinajstić information content (AvgIpc) is 2.57. The van der Waals surface area contributed by atoms with Crippen LogP contribution in [0.1, 0.15) is 17.2 Å². The smallest absolute Gasteiger partial charge is 0.148 e. The molecule has 4 nitrogen and oxygen atoms in total. The van der Waals surface area contributed by atoms with Crippen molar-refractivity contribution in [2.75, 3.05) is 0 Å². The molecule has 0 aliphatic rings. The third-order valence-corrected chi connectivity index (χ3v) is 2.31. The van der Waals surface area contributed by atoms with Crippen LogP contribution in [0.4, 0.5) is 0 Å². The molecule has 2 rings (SSSR count). The minimum atomic E-state index is 0.508. The maximum Gasteiger partial charge on any atom is 0.148 e. The second kappa shape index (κ2) is 3.82. The van der Waals surface area contributed by atoms with Gasteiger partial charge < -0.3 is 5.73 Å². The first-order valence-corrected chi connectivity index (χ1v) is 4.91. The highest BCUT2D eigenvalue weighted by Crippen LogP contribution is 2.14. The summed E-state index contributed by atoms with van der Waals surface area (Å²) >= 11 is 0. The van der Waals surface area contributed by atoms with E-state index in [1.54, 1.807) is 0 Å². The predicted molar refractivity (Wildman–Crippen MR) is 58.7 cm³/mol. The first kappa shape index (κ1) is 9.86. The molecule has 0 bridgehead atoms. The average molecular weight is 202 g/mol. The van der Waals surface area contributed by atoms with Crippen LogP contribution in [0, 0.1) is 13.8 Å². The van der Waals surface area contributed by atoms with Gasteiger partial charge in [-0.2, -0.15) is 5.10 Å². The van der Waals surface area contributed by atoms with E-state index in [1.807, 2.05) is 42.8 Å². The summed E-state index contributed by atoms with van der Waals surface area (Å²) in [5.74, 6) is 1.66. The number of nitrogens with zero attached hydrogens (tertiary/aromatic N) is 3. The highest BCUT2D eigenvalue weighted by Gasteiger charge is 2.07. The molecule has 1 heterocycles. The largest absolute Gasteiger partial charge is 0.326 e. The number of aromatic nitrogens is 3. The molecule has 0 unspecified atom stereocenters. The van der Waals surface area contributed by atoms with E-state index in [4.69, 9.17) is 5.73 Å². The lowest BCUT2D eigenvalue weighted by atomic mass is 10.2. The van der Waals surface area contributed by atoms with Crippen LogP contribution in [0.15, 0.2) is 24.3 Å². The van der Waals surface area contributed by atoms with Crippen LogP contribution < -0.4 is 5.73 Å². The zero-order valence-corrected chi connectivity index (χ0v) is 8.94. The molecule has 0 atom stereocenters. The van der Waals surface area contributed by atoms with Gasteiger partial charge in [-0.1, -0.05) is 18.2 Å². The van der Waals surface area contributed by atoms with Crippen molar-refractivity contribution in [3.8, 4) is 5.69 Å². The van der Waals surface area contributed by atoms with Crippen molar-refractivity contribution in [2.24, 2.45) is 5.73 Å². The van der Waals surface area contributed by atoms with E-state index in [0.717, 1.165) is 22.9 Å². The van der Waals surface area contributed by atoms with Gasteiger partial charge in [-0.25, -0.2) is 9.67 Å². The third-order valence-electron chi connectivity index (χ3n) is 2.31. The number of nitrogens with two attached hydrogens (primary N) is 1. The Bertz CT molecular complexity index is 473. The van der Waals surface area contributed by atoms with Gasteiger partial charge in [0.2, 0.25) is 0 Å². The second-order valence-electron chi connectivity index (χ2n) is 3.45. The Labute approximate surface area is 88.8 Å². The summed E-state index contributed by atoms with van der Waals surface area (Å²) in [6.45, 7) is 4.33. The van der Waals surface area contributed by atoms with Crippen molar-refractivity contribution in [1.29, 1.82) is 0 Å². The van der Waals surface area contributed by atoms with Crippen LogP contribution >= 0.6 is 0 Å². The number of hydrogen-bond donors (Lipinski definition) is 1. The summed E-state index contributed by atoms with van der Waals surface area (Å²) in [6.07, 6.45) is 0. The number of hydrogen-bond acceptors (Lipinski definition) is 3. The van der Waals surface area contributed by atoms with E-state index in [-0.39, 0.29) is 0 Å². The number of rotatable bonds is 2. The van der Waals surface area contributed by atoms with Gasteiger partial charge in [0, 0.05) is 6.54 Å². The van der Waals surface area contributed by atoms with E-state index < -0.39 is 0 Å². The monoisotopic (exact) mass is 202 g/mol. The second-order valence-corrected chi connectivity index (χ2v) is 3.45. The highest BCUT2D eigenvalue weighted by atomic mass is 15.3. The molecule has 2 N–H and O–H groups in total. The molecule has 0 radical (unpaired) electrons. The molecule has 78 valence electrons. The van der Waals surface area contributed by atoms with Crippen LogP contribution in [-0.2, 0) is 6.54 Å². The minimum absolute atomic E-state index is 0.508. The van der Waals surface area contributed by atoms with Crippen LogP contribution in [0.5, 0.6) is 0 Å². The molecule has 0 spiro atoms. The fourth-order valence-corrected chi connectivity index (χ4v) is 1.64. The summed E-state index contributed by atoms with van der Waals surface area (Å²) in [6, 6.07) is 7.96. The van der Waals surface area contributed by atoms with Gasteiger partial charge in [0.25, 0.3) is 0 Å². The minimum Gasteiger partial charge on any atom is -0.326 e. The first-order valence-electron chi connectivity index (χ1n) is 4.91. The van der Waals surface area contributed by atoms with Crippen molar-refractivity contribution in [2.45, 2.75) is 20.4 Å². The van der Waals surface area contributed by atoms with Crippen LogP contribution in [-0.4, -0.2) is 14.8 Å². The first-order chi connectivity index (χ1) is 7.22. The van der Waals surface area contributed by atoms with Crippen molar-refractivity contribution in [3.05, 3.63) is 41.5 Å². The molecular formula is C11H14N4. The van der Waals surface area contributed by atoms with Crippen LogP contribution in [0.3, 0.4) is 0 Å². The van der Waals surface area contributed by atoms with Gasteiger partial charge in [0.15, 0.2) is 0 Å². The summed E-state index contributed by atoms with van der Waals surface area (Å²) < 4.78 is 1.83. The van der Waals surface area contributed by atoms with E-state index in [1.165, 1.54) is 0 Å². The molecule has 0 amide bonds. The van der Waals surface area contributed by atoms with E-state index >= 15 is 0 Å². The Hall–Kier alpha value is -1.68. The summed E-state index contributed by atoms with van der Waals surface area (Å²) in [7, 11) is 0. The number of aryl methyl sites for hydroxylation is 2. The quantitative estimate of drug-likeness (QED) is 0.799. The standard InChI is InChI=1S/C11H14N4/c1-8-13-9(2)15(14-8)11-6-4-3-5-10(11)7-12/h3-6H,7,12H2,1-2H3. The third kappa shape index (κ3) is 1.76. The number of para-hydroxylation sites is 1. The maximum atomic E-state index is 5.68.